The number of halogens is 2. The van der Waals surface area contributed by atoms with Crippen LogP contribution < -0.4 is 0 Å². The topological polar surface area (TPSA) is 55.7 Å². The molecule has 0 unspecified atom stereocenters. The van der Waals surface area contributed by atoms with Gasteiger partial charge in [-0.1, -0.05) is 11.6 Å². The number of carbonyl (C=O) groups is 1. The third-order valence-electron chi connectivity index (χ3n) is 1.77. The monoisotopic (exact) mass is 303 g/mol. The average molecular weight is 305 g/mol. The molecular formula is C10H7BrClNO3. The van der Waals surface area contributed by atoms with E-state index in [2.05, 4.69) is 25.8 Å². The number of rotatable bonds is 3. The molecule has 0 heterocycles. The Hall–Kier alpha value is -1.20. The summed E-state index contributed by atoms with van der Waals surface area (Å²) >= 11 is 9.00. The first-order valence-electron chi connectivity index (χ1n) is 4.17. The van der Waals surface area contributed by atoms with Crippen molar-refractivity contribution < 1.29 is 9.53 Å². The number of hydrogen-bond acceptors (Lipinski definition) is 4. The van der Waals surface area contributed by atoms with Gasteiger partial charge in [-0.3, -0.25) is 0 Å². The van der Waals surface area contributed by atoms with Gasteiger partial charge in [-0.25, -0.2) is 4.79 Å². The fraction of sp³-hybridized carbons (Fsp3) is 0.100. The molecule has 6 heteroatoms. The standard InChI is InChI=1S/C10H7BrClNO3/c1-16-10(14)3-2-6-4-7(11)8(12)5-9(6)13-15/h2-5H,1H3/b3-2+. The van der Waals surface area contributed by atoms with Gasteiger partial charge in [-0.15, -0.1) is 4.91 Å². The second-order valence-corrected chi connectivity index (χ2v) is 4.03. The van der Waals surface area contributed by atoms with Crippen molar-refractivity contribution in [3.63, 3.8) is 0 Å². The Morgan fingerprint density at radius 2 is 2.25 bits per heavy atom. The Bertz CT molecular complexity index is 460. The quantitative estimate of drug-likeness (QED) is 0.486. The van der Waals surface area contributed by atoms with Crippen molar-refractivity contribution in [3.8, 4) is 0 Å². The summed E-state index contributed by atoms with van der Waals surface area (Å²) in [6.45, 7) is 0. The maximum atomic E-state index is 10.9. The molecule has 1 aromatic rings. The van der Waals surface area contributed by atoms with Crippen LogP contribution in [0.15, 0.2) is 27.9 Å². The minimum atomic E-state index is -0.511. The molecule has 0 saturated carbocycles. The van der Waals surface area contributed by atoms with Crippen molar-refractivity contribution in [2.45, 2.75) is 0 Å². The minimum Gasteiger partial charge on any atom is -0.466 e. The maximum absolute atomic E-state index is 10.9. The van der Waals surface area contributed by atoms with Crippen LogP contribution in [0, 0.1) is 4.91 Å². The Balaban J connectivity index is 3.12. The minimum absolute atomic E-state index is 0.161. The fourth-order valence-corrected chi connectivity index (χ4v) is 1.51. The fourth-order valence-electron chi connectivity index (χ4n) is 0.990. The Morgan fingerprint density at radius 3 is 2.81 bits per heavy atom. The Morgan fingerprint density at radius 1 is 1.56 bits per heavy atom. The molecule has 1 aromatic carbocycles. The van der Waals surface area contributed by atoms with Gasteiger partial charge in [-0.2, -0.15) is 0 Å². The number of methoxy groups -OCH3 is 1. The van der Waals surface area contributed by atoms with Crippen molar-refractivity contribution >= 4 is 45.3 Å². The second kappa shape index (κ2) is 5.77. The van der Waals surface area contributed by atoms with Crippen LogP contribution in [-0.4, -0.2) is 13.1 Å². The highest BCUT2D eigenvalue weighted by atomic mass is 79.9. The first-order valence-corrected chi connectivity index (χ1v) is 5.34. The van der Waals surface area contributed by atoms with E-state index in [4.69, 9.17) is 11.6 Å². The molecule has 0 bridgehead atoms. The predicted molar refractivity (Wildman–Crippen MR) is 65.7 cm³/mol. The molecule has 4 nitrogen and oxygen atoms in total. The highest BCUT2D eigenvalue weighted by Crippen LogP contribution is 2.31. The van der Waals surface area contributed by atoms with Crippen LogP contribution >= 0.6 is 27.5 Å². The highest BCUT2D eigenvalue weighted by Gasteiger charge is 2.06. The molecule has 84 valence electrons. The number of nitroso groups, excluding NO2 is 1. The number of carbonyl (C=O) groups excluding carboxylic acids is 1. The van der Waals surface area contributed by atoms with E-state index in [0.717, 1.165) is 0 Å². The van der Waals surface area contributed by atoms with Crippen LogP contribution in [0.25, 0.3) is 6.08 Å². The maximum Gasteiger partial charge on any atom is 0.330 e. The number of ether oxygens (including phenoxy) is 1. The van der Waals surface area contributed by atoms with Gasteiger partial charge in [0.15, 0.2) is 0 Å². The summed E-state index contributed by atoms with van der Waals surface area (Å²) in [6.07, 6.45) is 2.63. The molecule has 0 atom stereocenters. The lowest BCUT2D eigenvalue weighted by atomic mass is 10.1. The SMILES string of the molecule is COC(=O)/C=C/c1cc(Br)c(Cl)cc1N=O. The summed E-state index contributed by atoms with van der Waals surface area (Å²) < 4.78 is 5.04. The molecule has 0 aliphatic carbocycles. The average Bonchev–Trinajstić information content (AvgIpc) is 2.29. The Kier molecular flexibility index (Phi) is 4.64. The number of nitrogens with zero attached hydrogens (tertiary/aromatic N) is 1. The second-order valence-electron chi connectivity index (χ2n) is 2.77. The molecular weight excluding hydrogens is 297 g/mol. The van der Waals surface area contributed by atoms with Crippen molar-refractivity contribution in [1.82, 2.24) is 0 Å². The predicted octanol–water partition coefficient (Wildman–Crippen LogP) is 3.69. The largest absolute Gasteiger partial charge is 0.466 e. The zero-order valence-electron chi connectivity index (χ0n) is 8.24. The lowest BCUT2D eigenvalue weighted by Crippen LogP contribution is -1.93. The first-order chi connectivity index (χ1) is 7.58. The summed E-state index contributed by atoms with van der Waals surface area (Å²) in [5.74, 6) is -0.511. The smallest absolute Gasteiger partial charge is 0.330 e. The number of benzene rings is 1. The summed E-state index contributed by atoms with van der Waals surface area (Å²) in [5.41, 5.74) is 0.644. The molecule has 0 aliphatic heterocycles. The molecule has 0 fully saturated rings. The van der Waals surface area contributed by atoms with E-state index in [1.165, 1.54) is 25.3 Å². The van der Waals surface area contributed by atoms with Crippen molar-refractivity contribution in [1.29, 1.82) is 0 Å². The molecule has 0 spiro atoms. The van der Waals surface area contributed by atoms with E-state index in [-0.39, 0.29) is 5.69 Å². The summed E-state index contributed by atoms with van der Waals surface area (Å²) in [6, 6.07) is 3.01. The summed E-state index contributed by atoms with van der Waals surface area (Å²) in [5, 5.41) is 3.20. The normalized spacial score (nSPS) is 10.4. The third kappa shape index (κ3) is 3.15. The van der Waals surface area contributed by atoms with E-state index in [0.29, 0.717) is 15.1 Å². The number of hydrogen-bond donors (Lipinski definition) is 0. The molecule has 0 aliphatic rings. The van der Waals surface area contributed by atoms with Crippen LogP contribution in [0.1, 0.15) is 5.56 Å². The van der Waals surface area contributed by atoms with Crippen LogP contribution in [0.5, 0.6) is 0 Å². The van der Waals surface area contributed by atoms with Gasteiger partial charge >= 0.3 is 5.97 Å². The summed E-state index contributed by atoms with van der Waals surface area (Å²) in [7, 11) is 1.27. The zero-order valence-corrected chi connectivity index (χ0v) is 10.6. The van der Waals surface area contributed by atoms with Crippen LogP contribution in [0.2, 0.25) is 5.02 Å². The lowest BCUT2D eigenvalue weighted by Gasteiger charge is -2.01. The van der Waals surface area contributed by atoms with Gasteiger partial charge in [0.1, 0.15) is 5.69 Å². The van der Waals surface area contributed by atoms with Crippen LogP contribution in [0.3, 0.4) is 0 Å². The zero-order chi connectivity index (χ0) is 12.1. The summed E-state index contributed by atoms with van der Waals surface area (Å²) in [4.78, 5) is 21.4. The van der Waals surface area contributed by atoms with Gasteiger partial charge in [0.25, 0.3) is 0 Å². The van der Waals surface area contributed by atoms with E-state index in [9.17, 15) is 9.70 Å². The van der Waals surface area contributed by atoms with Gasteiger partial charge in [0, 0.05) is 16.1 Å². The molecule has 0 radical (unpaired) electrons. The van der Waals surface area contributed by atoms with Crippen molar-refractivity contribution in [2.75, 3.05) is 7.11 Å². The van der Waals surface area contributed by atoms with Gasteiger partial charge < -0.3 is 4.74 Å². The van der Waals surface area contributed by atoms with Crippen molar-refractivity contribution in [2.24, 2.45) is 5.18 Å². The molecule has 0 amide bonds. The van der Waals surface area contributed by atoms with Gasteiger partial charge in [0.2, 0.25) is 0 Å². The van der Waals surface area contributed by atoms with Gasteiger partial charge in [-0.05, 0) is 39.3 Å². The van der Waals surface area contributed by atoms with E-state index < -0.39 is 5.97 Å². The van der Waals surface area contributed by atoms with Gasteiger partial charge in [0.05, 0.1) is 12.1 Å². The van der Waals surface area contributed by atoms with Crippen LogP contribution in [-0.2, 0) is 9.53 Å². The molecule has 16 heavy (non-hydrogen) atoms. The molecule has 0 aromatic heterocycles. The van der Waals surface area contributed by atoms with E-state index in [1.54, 1.807) is 6.07 Å². The van der Waals surface area contributed by atoms with E-state index >= 15 is 0 Å². The van der Waals surface area contributed by atoms with Crippen LogP contribution in [0.4, 0.5) is 5.69 Å². The molecule has 0 saturated heterocycles. The first kappa shape index (κ1) is 12.9. The van der Waals surface area contributed by atoms with Crippen molar-refractivity contribution in [3.05, 3.63) is 38.2 Å². The molecule has 0 N–H and O–H groups in total. The highest BCUT2D eigenvalue weighted by molar-refractivity contribution is 9.10. The molecule has 1 rings (SSSR count). The number of esters is 1. The third-order valence-corrected chi connectivity index (χ3v) is 2.97. The van der Waals surface area contributed by atoms with E-state index in [1.807, 2.05) is 0 Å². The Labute approximate surface area is 105 Å². The lowest BCUT2D eigenvalue weighted by molar-refractivity contribution is -0.134.